The molecule has 14 nitrogen and oxygen atoms in total. The van der Waals surface area contributed by atoms with Gasteiger partial charge in [0.15, 0.2) is 0 Å². The molecule has 20 heteroatoms. The third kappa shape index (κ3) is 11.5. The number of aromatic nitrogens is 4. The fraction of sp³-hybridized carbons (Fsp3) is 0.667. The van der Waals surface area contributed by atoms with Crippen LogP contribution in [0.25, 0.3) is 22.1 Å². The smallest absolute Gasteiger partial charge is 0.303 e. The van der Waals surface area contributed by atoms with Crippen LogP contribution in [0.5, 0.6) is 0 Å². The number of fused-ring (bicyclic) bond motifs is 2. The van der Waals surface area contributed by atoms with Gasteiger partial charge in [-0.3, -0.25) is 9.59 Å². The Kier molecular flexibility index (Phi) is 14.6. The zero-order valence-electron chi connectivity index (χ0n) is 40.2. The lowest BCUT2D eigenvalue weighted by atomic mass is 9.86. The number of aliphatic carboxylic acids is 1. The minimum Gasteiger partial charge on any atom is -0.481 e. The van der Waals surface area contributed by atoms with Crippen molar-refractivity contribution >= 4 is 54.0 Å². The molecule has 2 aromatic carbocycles. The van der Waals surface area contributed by atoms with Crippen molar-refractivity contribution in [3.8, 4) is 0 Å². The van der Waals surface area contributed by atoms with Gasteiger partial charge in [-0.25, -0.2) is 44.4 Å². The fourth-order valence-electron chi connectivity index (χ4n) is 9.91. The molecule has 4 aromatic rings. The van der Waals surface area contributed by atoms with Gasteiger partial charge in [0.25, 0.3) is 0 Å². The lowest BCUT2D eigenvalue weighted by Gasteiger charge is -2.37. The normalized spacial score (nSPS) is 20.5. The highest BCUT2D eigenvalue weighted by Gasteiger charge is 2.41. The van der Waals surface area contributed by atoms with Crippen molar-refractivity contribution in [3.63, 3.8) is 0 Å². The number of carbonyl (C=O) groups excluding carboxylic acids is 1. The van der Waals surface area contributed by atoms with E-state index in [1.807, 2.05) is 48.5 Å². The molecule has 2 aromatic heterocycles. The summed E-state index contributed by atoms with van der Waals surface area (Å²) < 4.78 is 114. The number of amides is 1. The number of sulfonamides is 2. The van der Waals surface area contributed by atoms with Gasteiger partial charge in [0.05, 0.1) is 38.3 Å². The molecule has 68 heavy (non-hydrogen) atoms. The molecule has 1 amide bonds. The highest BCUT2D eigenvalue weighted by atomic mass is 32.2. The van der Waals surface area contributed by atoms with Crippen LogP contribution in [-0.2, 0) is 53.6 Å². The van der Waals surface area contributed by atoms with Crippen LogP contribution in [0, 0.1) is 23.7 Å². The minimum absolute atomic E-state index is 0.0228. The van der Waals surface area contributed by atoms with Gasteiger partial charge in [0.2, 0.25) is 37.8 Å². The second-order valence-corrected chi connectivity index (χ2v) is 25.5. The van der Waals surface area contributed by atoms with Crippen molar-refractivity contribution in [3.05, 3.63) is 48.0 Å². The number of rotatable bonds is 13. The zero-order chi connectivity index (χ0) is 49.8. The molecule has 4 aliphatic rings. The number of hydrogen-bond donors (Lipinski definition) is 2. The third-order valence-electron chi connectivity index (χ3n) is 13.8. The SMILES string of the molecule is CC(C)(C)c1nc2cc(S(=O)(=O)N3CC(CC(=O)O)C3)ccc2n1CC1CCC(F)(F)CC1.CCNC(=O)CC1CN(S(=O)(=O)c2ccc3c(c2)nc(C(C)(C)C)n3CC2CCC(F)(F)CC2)C1. The van der Waals surface area contributed by atoms with Crippen molar-refractivity contribution in [1.29, 1.82) is 0 Å². The van der Waals surface area contributed by atoms with Crippen LogP contribution in [0.15, 0.2) is 46.2 Å². The Hall–Kier alpha value is -4.14. The monoisotopic (exact) mass is 993 g/mol. The second-order valence-electron chi connectivity index (χ2n) is 21.6. The molecule has 2 aliphatic heterocycles. The number of nitrogens with zero attached hydrogens (tertiary/aromatic N) is 6. The molecule has 2 aliphatic carbocycles. The Labute approximate surface area is 397 Å². The average molecular weight is 994 g/mol. The zero-order valence-corrected chi connectivity index (χ0v) is 41.8. The molecule has 0 unspecified atom stereocenters. The topological polar surface area (TPSA) is 177 Å². The Bertz CT molecular complexity index is 2710. The molecule has 4 fully saturated rings. The Morgan fingerprint density at radius 3 is 1.35 bits per heavy atom. The van der Waals surface area contributed by atoms with E-state index in [1.165, 1.54) is 8.61 Å². The summed E-state index contributed by atoms with van der Waals surface area (Å²) >= 11 is 0. The average Bonchev–Trinajstić information content (AvgIpc) is 3.77. The largest absolute Gasteiger partial charge is 0.481 e. The Balaban J connectivity index is 0.000000202. The van der Waals surface area contributed by atoms with E-state index >= 15 is 0 Å². The number of nitrogens with one attached hydrogen (secondary N) is 1. The molecule has 2 N–H and O–H groups in total. The lowest BCUT2D eigenvalue weighted by molar-refractivity contribution is -0.139. The van der Waals surface area contributed by atoms with Crippen LogP contribution in [0.4, 0.5) is 17.6 Å². The third-order valence-corrected chi connectivity index (χ3v) is 17.4. The van der Waals surface area contributed by atoms with Crippen LogP contribution in [0.3, 0.4) is 0 Å². The summed E-state index contributed by atoms with van der Waals surface area (Å²) in [6, 6.07) is 9.87. The number of hydrogen-bond acceptors (Lipinski definition) is 8. The molecule has 2 saturated carbocycles. The maximum absolute atomic E-state index is 13.7. The first kappa shape index (κ1) is 51.7. The summed E-state index contributed by atoms with van der Waals surface area (Å²) in [7, 11) is -7.42. The maximum Gasteiger partial charge on any atom is 0.303 e. The van der Waals surface area contributed by atoms with Crippen LogP contribution in [0.1, 0.15) is 124 Å². The number of benzene rings is 2. The van der Waals surface area contributed by atoms with Crippen LogP contribution < -0.4 is 5.32 Å². The van der Waals surface area contributed by atoms with Gasteiger partial charge in [-0.2, -0.15) is 8.61 Å². The summed E-state index contributed by atoms with van der Waals surface area (Å²) in [5.41, 5.74) is 2.17. The number of halogens is 4. The number of carbonyl (C=O) groups is 2. The van der Waals surface area contributed by atoms with Gasteiger partial charge in [-0.1, -0.05) is 41.5 Å². The van der Waals surface area contributed by atoms with E-state index in [2.05, 4.69) is 14.5 Å². The molecule has 0 atom stereocenters. The van der Waals surface area contributed by atoms with E-state index in [1.54, 1.807) is 36.4 Å². The molecule has 0 spiro atoms. The van der Waals surface area contributed by atoms with E-state index in [4.69, 9.17) is 15.1 Å². The summed E-state index contributed by atoms with van der Waals surface area (Å²) in [6.07, 6.45) is 1.74. The summed E-state index contributed by atoms with van der Waals surface area (Å²) in [5.74, 6) is -4.40. The molecule has 376 valence electrons. The van der Waals surface area contributed by atoms with Crippen molar-refractivity contribution in [2.75, 3.05) is 32.7 Å². The lowest BCUT2D eigenvalue weighted by Crippen LogP contribution is -2.51. The Morgan fingerprint density at radius 2 is 1.01 bits per heavy atom. The highest BCUT2D eigenvalue weighted by molar-refractivity contribution is 7.89. The molecule has 0 radical (unpaired) electrons. The van der Waals surface area contributed by atoms with E-state index in [0.717, 1.165) is 22.7 Å². The van der Waals surface area contributed by atoms with Gasteiger partial charge in [-0.05, 0) is 92.7 Å². The molecule has 2 saturated heterocycles. The summed E-state index contributed by atoms with van der Waals surface area (Å²) in [6.45, 7) is 16.9. The molecule has 8 rings (SSSR count). The Morgan fingerprint density at radius 1 is 0.647 bits per heavy atom. The van der Waals surface area contributed by atoms with Crippen molar-refractivity contribution < 1.29 is 49.1 Å². The standard InChI is InChI=1S/C25H36F2N4O3S.C23H31F2N3O4S/c1-5-28-22(32)12-18-14-30(15-18)35(33,34)19-6-7-21-20(13-19)29-23(24(2,3)4)31(21)16-17-8-10-25(26,27)11-9-17;1-22(2,3)21-26-18-11-17(33(31,32)27-12-16(13-27)10-20(29)30)4-5-19(18)28(21)14-15-6-8-23(24,25)9-7-15/h6-7,13,17-18H,5,8-12,14-16H2,1-4H3,(H,28,32);4-5,11,15-16H,6-10,12-14H2,1-3H3,(H,29,30). The highest BCUT2D eigenvalue weighted by Crippen LogP contribution is 2.41. The van der Waals surface area contributed by atoms with Gasteiger partial charge in [-0.15, -0.1) is 0 Å². The van der Waals surface area contributed by atoms with Crippen molar-refractivity contribution in [1.82, 2.24) is 33.0 Å². The quantitative estimate of drug-likeness (QED) is 0.124. The van der Waals surface area contributed by atoms with Gasteiger partial charge < -0.3 is 19.6 Å². The minimum atomic E-state index is -3.73. The van der Waals surface area contributed by atoms with Crippen LogP contribution in [0.2, 0.25) is 0 Å². The van der Waals surface area contributed by atoms with Crippen LogP contribution >= 0.6 is 0 Å². The molecule has 0 bridgehead atoms. The van der Waals surface area contributed by atoms with E-state index < -0.39 is 37.9 Å². The predicted molar refractivity (Wildman–Crippen MR) is 251 cm³/mol. The van der Waals surface area contributed by atoms with Gasteiger partial charge in [0.1, 0.15) is 11.6 Å². The number of imidazole rings is 2. The second kappa shape index (κ2) is 19.2. The van der Waals surface area contributed by atoms with Crippen LogP contribution in [-0.4, -0.2) is 106 Å². The first-order valence-corrected chi connectivity index (χ1v) is 26.7. The number of carboxylic acid groups (broad SMARTS) is 1. The maximum atomic E-state index is 13.7. The van der Waals surface area contributed by atoms with E-state index in [9.17, 15) is 44.0 Å². The van der Waals surface area contributed by atoms with Crippen molar-refractivity contribution in [2.24, 2.45) is 23.7 Å². The first-order valence-electron chi connectivity index (χ1n) is 23.8. The van der Waals surface area contributed by atoms with Crippen molar-refractivity contribution in [2.45, 2.75) is 158 Å². The fourth-order valence-corrected chi connectivity index (χ4v) is 13.1. The van der Waals surface area contributed by atoms with E-state index in [-0.39, 0.29) is 95.4 Å². The number of carboxylic acids is 1. The first-order chi connectivity index (χ1) is 31.6. The van der Waals surface area contributed by atoms with E-state index in [0.29, 0.717) is 75.9 Å². The molecular formula is C48H67F4N7O7S2. The van der Waals surface area contributed by atoms with Gasteiger partial charge in [0, 0.05) is 88.7 Å². The summed E-state index contributed by atoms with van der Waals surface area (Å²) in [4.78, 5) is 32.5. The van der Waals surface area contributed by atoms with Gasteiger partial charge >= 0.3 is 5.97 Å². The predicted octanol–water partition coefficient (Wildman–Crippen LogP) is 8.56. The number of alkyl halides is 4. The summed E-state index contributed by atoms with van der Waals surface area (Å²) in [5, 5.41) is 11.6. The molecule has 4 heterocycles. The molecular weight excluding hydrogens is 927 g/mol.